The quantitative estimate of drug-likeness (QED) is 0.605. The molecule has 1 aromatic carbocycles. The smallest absolute Gasteiger partial charge is 0.231 e. The Hall–Kier alpha value is -1.95. The summed E-state index contributed by atoms with van der Waals surface area (Å²) in [6.45, 7) is 0.240. The summed E-state index contributed by atoms with van der Waals surface area (Å²) in [5, 5.41) is 19.7. The van der Waals surface area contributed by atoms with Crippen molar-refractivity contribution in [2.45, 2.75) is 37.2 Å². The first kappa shape index (κ1) is 18.4. The summed E-state index contributed by atoms with van der Waals surface area (Å²) in [6.07, 6.45) is 3.25. The van der Waals surface area contributed by atoms with Crippen molar-refractivity contribution in [3.05, 3.63) is 69.0 Å². The van der Waals surface area contributed by atoms with Crippen LogP contribution in [0.15, 0.2) is 58.6 Å². The average molecular weight is 398 g/mol. The SMILES string of the molecule is O=C(NC[C@@H](O)c1ccc(-c2ccsc2)cc1)C1(c2cccs2)CCCC1. The van der Waals surface area contributed by atoms with Crippen LogP contribution in [0, 0.1) is 0 Å². The van der Waals surface area contributed by atoms with Gasteiger partial charge in [0.1, 0.15) is 0 Å². The first-order valence-electron chi connectivity index (χ1n) is 9.32. The number of carbonyl (C=O) groups excluding carboxylic acids is 1. The van der Waals surface area contributed by atoms with Gasteiger partial charge >= 0.3 is 0 Å². The molecule has 4 rings (SSSR count). The lowest BCUT2D eigenvalue weighted by atomic mass is 9.83. The molecule has 2 N–H and O–H groups in total. The number of carbonyl (C=O) groups is 1. The van der Waals surface area contributed by atoms with Crippen LogP contribution in [0.2, 0.25) is 0 Å². The van der Waals surface area contributed by atoms with Crippen molar-refractivity contribution in [3.63, 3.8) is 0 Å². The second-order valence-corrected chi connectivity index (χ2v) is 8.85. The van der Waals surface area contributed by atoms with Crippen molar-refractivity contribution in [2.75, 3.05) is 6.54 Å². The van der Waals surface area contributed by atoms with Gasteiger partial charge in [-0.2, -0.15) is 11.3 Å². The molecular formula is C22H23NO2S2. The van der Waals surface area contributed by atoms with Crippen molar-refractivity contribution in [2.24, 2.45) is 0 Å². The maximum atomic E-state index is 13.0. The number of nitrogens with one attached hydrogen (secondary N) is 1. The zero-order valence-corrected chi connectivity index (χ0v) is 16.7. The minimum Gasteiger partial charge on any atom is -0.387 e. The van der Waals surface area contributed by atoms with Gasteiger partial charge in [-0.25, -0.2) is 0 Å². The molecule has 1 atom stereocenters. The highest BCUT2D eigenvalue weighted by molar-refractivity contribution is 7.10. The van der Waals surface area contributed by atoms with E-state index in [0.717, 1.165) is 41.7 Å². The Balaban J connectivity index is 1.41. The second-order valence-electron chi connectivity index (χ2n) is 7.13. The highest BCUT2D eigenvalue weighted by Crippen LogP contribution is 2.43. The van der Waals surface area contributed by atoms with E-state index >= 15 is 0 Å². The van der Waals surface area contributed by atoms with Crippen molar-refractivity contribution >= 4 is 28.6 Å². The molecule has 3 nitrogen and oxygen atoms in total. The molecule has 140 valence electrons. The molecule has 2 heterocycles. The lowest BCUT2D eigenvalue weighted by Gasteiger charge is -2.27. The minimum atomic E-state index is -0.702. The number of hydrogen-bond acceptors (Lipinski definition) is 4. The van der Waals surface area contributed by atoms with Gasteiger partial charge in [0.25, 0.3) is 0 Å². The van der Waals surface area contributed by atoms with E-state index in [-0.39, 0.29) is 12.5 Å². The lowest BCUT2D eigenvalue weighted by Crippen LogP contribution is -2.43. The van der Waals surface area contributed by atoms with Gasteiger partial charge in [-0.15, -0.1) is 11.3 Å². The molecule has 0 saturated heterocycles. The van der Waals surface area contributed by atoms with Crippen LogP contribution in [-0.2, 0) is 10.2 Å². The third-order valence-corrected chi connectivity index (χ3v) is 7.25. The van der Waals surface area contributed by atoms with Crippen LogP contribution < -0.4 is 5.32 Å². The highest BCUT2D eigenvalue weighted by Gasteiger charge is 2.43. The molecule has 1 aliphatic rings. The molecule has 1 saturated carbocycles. The van der Waals surface area contributed by atoms with E-state index in [1.807, 2.05) is 35.7 Å². The first-order chi connectivity index (χ1) is 13.2. The summed E-state index contributed by atoms with van der Waals surface area (Å²) in [4.78, 5) is 14.1. The van der Waals surface area contributed by atoms with E-state index in [9.17, 15) is 9.90 Å². The monoisotopic (exact) mass is 397 g/mol. The summed E-state index contributed by atoms with van der Waals surface area (Å²) < 4.78 is 0. The Bertz CT molecular complexity index is 864. The number of amides is 1. The normalized spacial score (nSPS) is 16.9. The molecule has 2 aromatic heterocycles. The average Bonchev–Trinajstić information content (AvgIpc) is 3.47. The molecule has 3 aromatic rings. The molecular weight excluding hydrogens is 374 g/mol. The Kier molecular flexibility index (Phi) is 5.43. The summed E-state index contributed by atoms with van der Waals surface area (Å²) >= 11 is 3.33. The van der Waals surface area contributed by atoms with Gasteiger partial charge in [0.15, 0.2) is 0 Å². The van der Waals surface area contributed by atoms with Crippen LogP contribution in [0.4, 0.5) is 0 Å². The molecule has 1 amide bonds. The summed E-state index contributed by atoms with van der Waals surface area (Å²) in [5.41, 5.74) is 2.75. The minimum absolute atomic E-state index is 0.0522. The number of hydrogen-bond donors (Lipinski definition) is 2. The predicted octanol–water partition coefficient (Wildman–Crippen LogP) is 5.14. The molecule has 5 heteroatoms. The van der Waals surface area contributed by atoms with Gasteiger partial charge in [-0.05, 0) is 57.8 Å². The molecule has 0 aliphatic heterocycles. The topological polar surface area (TPSA) is 49.3 Å². The molecule has 27 heavy (non-hydrogen) atoms. The number of aliphatic hydroxyl groups excluding tert-OH is 1. The number of aliphatic hydroxyl groups is 1. The van der Waals surface area contributed by atoms with Gasteiger partial charge in [0.05, 0.1) is 11.5 Å². The van der Waals surface area contributed by atoms with Crippen LogP contribution in [0.3, 0.4) is 0 Å². The summed E-state index contributed by atoms with van der Waals surface area (Å²) in [6, 6.07) is 14.1. The predicted molar refractivity (Wildman–Crippen MR) is 112 cm³/mol. The van der Waals surface area contributed by atoms with Gasteiger partial charge in [-0.1, -0.05) is 43.2 Å². The number of rotatable bonds is 6. The van der Waals surface area contributed by atoms with Gasteiger partial charge < -0.3 is 10.4 Å². The fourth-order valence-corrected chi connectivity index (χ4v) is 5.57. The lowest BCUT2D eigenvalue weighted by molar-refractivity contribution is -0.127. The third kappa shape index (κ3) is 3.72. The van der Waals surface area contributed by atoms with Crippen LogP contribution in [0.1, 0.15) is 42.2 Å². The van der Waals surface area contributed by atoms with E-state index in [0.29, 0.717) is 0 Å². The fraction of sp³-hybridized carbons (Fsp3) is 0.318. The molecule has 1 fully saturated rings. The standard InChI is InChI=1S/C22H23NO2S2/c24-19(17-7-5-16(6-8-17)18-9-13-26-15-18)14-23-21(25)22(10-1-2-11-22)20-4-3-12-27-20/h3-9,12-13,15,19,24H,1-2,10-11,14H2,(H,23,25)/t19-/m1/s1. The zero-order valence-electron chi connectivity index (χ0n) is 15.1. The Morgan fingerprint density at radius 3 is 2.48 bits per heavy atom. The molecule has 0 radical (unpaired) electrons. The van der Waals surface area contributed by atoms with Crippen LogP contribution in [0.5, 0.6) is 0 Å². The highest BCUT2D eigenvalue weighted by atomic mass is 32.1. The maximum absolute atomic E-state index is 13.0. The summed E-state index contributed by atoms with van der Waals surface area (Å²) in [5.74, 6) is 0.0522. The Morgan fingerprint density at radius 2 is 1.85 bits per heavy atom. The van der Waals surface area contributed by atoms with Gasteiger partial charge in [-0.3, -0.25) is 4.79 Å². The molecule has 1 aliphatic carbocycles. The van der Waals surface area contributed by atoms with Crippen molar-refractivity contribution in [3.8, 4) is 11.1 Å². The van der Waals surface area contributed by atoms with Gasteiger partial charge in [0, 0.05) is 11.4 Å². The van der Waals surface area contributed by atoms with Gasteiger partial charge in [0.2, 0.25) is 5.91 Å². The van der Waals surface area contributed by atoms with Crippen molar-refractivity contribution < 1.29 is 9.90 Å². The Morgan fingerprint density at radius 1 is 1.07 bits per heavy atom. The molecule has 0 spiro atoms. The van der Waals surface area contributed by atoms with E-state index in [2.05, 4.69) is 28.2 Å². The van der Waals surface area contributed by atoms with Crippen LogP contribution >= 0.6 is 22.7 Å². The van der Waals surface area contributed by atoms with Crippen molar-refractivity contribution in [1.29, 1.82) is 0 Å². The van der Waals surface area contributed by atoms with E-state index < -0.39 is 11.5 Å². The largest absolute Gasteiger partial charge is 0.387 e. The molecule has 0 unspecified atom stereocenters. The fourth-order valence-electron chi connectivity index (χ4n) is 3.92. The summed E-state index contributed by atoms with van der Waals surface area (Å²) in [7, 11) is 0. The van der Waals surface area contributed by atoms with Crippen LogP contribution in [0.25, 0.3) is 11.1 Å². The number of benzene rings is 1. The van der Waals surface area contributed by atoms with E-state index in [1.54, 1.807) is 22.7 Å². The number of thiophene rings is 2. The third-order valence-electron chi connectivity index (χ3n) is 5.49. The first-order valence-corrected chi connectivity index (χ1v) is 11.1. The van der Waals surface area contributed by atoms with E-state index in [4.69, 9.17) is 0 Å². The maximum Gasteiger partial charge on any atom is 0.231 e. The van der Waals surface area contributed by atoms with E-state index in [1.165, 1.54) is 5.56 Å². The van der Waals surface area contributed by atoms with Crippen LogP contribution in [-0.4, -0.2) is 17.6 Å². The Labute approximate surface area is 167 Å². The zero-order chi connectivity index (χ0) is 18.7. The van der Waals surface area contributed by atoms with Crippen molar-refractivity contribution in [1.82, 2.24) is 5.32 Å². The second kappa shape index (κ2) is 7.97. The molecule has 0 bridgehead atoms.